The number of hydrogen-bond acceptors (Lipinski definition) is 3. The molecule has 1 unspecified atom stereocenters. The molecule has 0 spiro atoms. The van der Waals surface area contributed by atoms with Gasteiger partial charge < -0.3 is 14.7 Å². The standard InChI is InChI=1S/C21H27N3O2/c1-15(2)16(3)23(13-18-7-6-10-26-18)11-17-12-24(14-21(22)25)20-9-5-4-8-19(17)20/h4-10,12,15-16H,11,13-14H2,1-3H3,(H2,22,25). The fourth-order valence-electron chi connectivity index (χ4n) is 3.33. The van der Waals surface area contributed by atoms with Crippen molar-refractivity contribution in [3.05, 3.63) is 60.2 Å². The molecule has 0 aliphatic rings. The molecule has 0 saturated heterocycles. The zero-order valence-corrected chi connectivity index (χ0v) is 15.7. The molecule has 0 saturated carbocycles. The van der Waals surface area contributed by atoms with Crippen LogP contribution in [0.2, 0.25) is 0 Å². The van der Waals surface area contributed by atoms with Crippen molar-refractivity contribution < 1.29 is 9.21 Å². The first-order valence-electron chi connectivity index (χ1n) is 9.07. The van der Waals surface area contributed by atoms with Gasteiger partial charge in [0.05, 0.1) is 12.8 Å². The van der Waals surface area contributed by atoms with Crippen molar-refractivity contribution in [3.8, 4) is 0 Å². The maximum absolute atomic E-state index is 11.4. The lowest BCUT2D eigenvalue weighted by Gasteiger charge is -2.31. The predicted molar refractivity (Wildman–Crippen MR) is 103 cm³/mol. The maximum Gasteiger partial charge on any atom is 0.237 e. The first-order valence-corrected chi connectivity index (χ1v) is 9.07. The van der Waals surface area contributed by atoms with Crippen molar-refractivity contribution >= 4 is 16.8 Å². The number of fused-ring (bicyclic) bond motifs is 1. The Morgan fingerprint density at radius 2 is 1.92 bits per heavy atom. The molecule has 0 radical (unpaired) electrons. The Bertz CT molecular complexity index is 865. The summed E-state index contributed by atoms with van der Waals surface area (Å²) in [5, 5.41) is 1.16. The highest BCUT2D eigenvalue weighted by molar-refractivity contribution is 5.85. The van der Waals surface area contributed by atoms with Gasteiger partial charge in [-0.3, -0.25) is 9.69 Å². The Morgan fingerprint density at radius 1 is 1.15 bits per heavy atom. The van der Waals surface area contributed by atoms with E-state index in [0.717, 1.165) is 29.8 Å². The van der Waals surface area contributed by atoms with E-state index in [2.05, 4.69) is 37.9 Å². The van der Waals surface area contributed by atoms with E-state index in [0.29, 0.717) is 12.0 Å². The lowest BCUT2D eigenvalue weighted by atomic mass is 10.0. The number of para-hydroxylation sites is 1. The molecule has 2 N–H and O–H groups in total. The van der Waals surface area contributed by atoms with Gasteiger partial charge in [-0.25, -0.2) is 0 Å². The number of nitrogens with zero attached hydrogens (tertiary/aromatic N) is 2. The topological polar surface area (TPSA) is 64.4 Å². The molecular formula is C21H27N3O2. The Hall–Kier alpha value is -2.53. The molecule has 0 bridgehead atoms. The molecule has 0 aliphatic carbocycles. The minimum Gasteiger partial charge on any atom is -0.468 e. The van der Waals surface area contributed by atoms with Gasteiger partial charge in [-0.05, 0) is 36.6 Å². The third-order valence-electron chi connectivity index (χ3n) is 5.05. The largest absolute Gasteiger partial charge is 0.468 e. The number of carbonyl (C=O) groups is 1. The van der Waals surface area contributed by atoms with Crippen LogP contribution in [0.5, 0.6) is 0 Å². The van der Waals surface area contributed by atoms with Gasteiger partial charge in [0.1, 0.15) is 12.3 Å². The number of primary amides is 1. The molecule has 0 aliphatic heterocycles. The van der Waals surface area contributed by atoms with Gasteiger partial charge in [-0.2, -0.15) is 0 Å². The average Bonchev–Trinajstić information content (AvgIpc) is 3.22. The summed E-state index contributed by atoms with van der Waals surface area (Å²) < 4.78 is 7.51. The lowest BCUT2D eigenvalue weighted by Crippen LogP contribution is -2.35. The molecule has 1 amide bonds. The van der Waals surface area contributed by atoms with Gasteiger partial charge in [-0.1, -0.05) is 32.0 Å². The second kappa shape index (κ2) is 7.79. The molecule has 1 atom stereocenters. The van der Waals surface area contributed by atoms with Crippen LogP contribution >= 0.6 is 0 Å². The Kier molecular flexibility index (Phi) is 5.47. The minimum absolute atomic E-state index is 0.193. The summed E-state index contributed by atoms with van der Waals surface area (Å²) in [6, 6.07) is 12.5. The summed E-state index contributed by atoms with van der Waals surface area (Å²) in [7, 11) is 0. The first kappa shape index (κ1) is 18.3. The normalized spacial score (nSPS) is 13.0. The Balaban J connectivity index is 1.94. The van der Waals surface area contributed by atoms with Crippen molar-refractivity contribution in [2.45, 2.75) is 46.4 Å². The van der Waals surface area contributed by atoms with Gasteiger partial charge in [0.2, 0.25) is 5.91 Å². The SMILES string of the molecule is CC(C)C(C)N(Cc1ccco1)Cc1cn(CC(N)=O)c2ccccc12. The number of nitrogens with two attached hydrogens (primary N) is 1. The maximum atomic E-state index is 11.4. The summed E-state index contributed by atoms with van der Waals surface area (Å²) in [4.78, 5) is 13.8. The number of aromatic nitrogens is 1. The Morgan fingerprint density at radius 3 is 2.58 bits per heavy atom. The summed E-state index contributed by atoms with van der Waals surface area (Å²) in [6.45, 7) is 8.44. The van der Waals surface area contributed by atoms with Gasteiger partial charge in [0.15, 0.2) is 0 Å². The fourth-order valence-corrected chi connectivity index (χ4v) is 3.33. The van der Waals surface area contributed by atoms with Crippen LogP contribution < -0.4 is 5.73 Å². The quantitative estimate of drug-likeness (QED) is 0.670. The molecule has 2 heterocycles. The molecule has 0 fully saturated rings. The number of benzene rings is 1. The van der Waals surface area contributed by atoms with Crippen LogP contribution in [-0.4, -0.2) is 21.4 Å². The summed E-state index contributed by atoms with van der Waals surface area (Å²) >= 11 is 0. The van der Waals surface area contributed by atoms with E-state index in [-0.39, 0.29) is 12.5 Å². The molecule has 3 aromatic rings. The van der Waals surface area contributed by atoms with E-state index in [1.165, 1.54) is 5.56 Å². The van der Waals surface area contributed by atoms with Crippen LogP contribution in [0.15, 0.2) is 53.3 Å². The van der Waals surface area contributed by atoms with Crippen molar-refractivity contribution in [2.75, 3.05) is 0 Å². The van der Waals surface area contributed by atoms with Crippen LogP contribution in [0.4, 0.5) is 0 Å². The smallest absolute Gasteiger partial charge is 0.237 e. The molecule has 5 heteroatoms. The van der Waals surface area contributed by atoms with Crippen LogP contribution in [0.3, 0.4) is 0 Å². The fraction of sp³-hybridized carbons (Fsp3) is 0.381. The zero-order chi connectivity index (χ0) is 18.7. The van der Waals surface area contributed by atoms with Crippen molar-refractivity contribution in [1.29, 1.82) is 0 Å². The van der Waals surface area contributed by atoms with Gasteiger partial charge >= 0.3 is 0 Å². The van der Waals surface area contributed by atoms with E-state index in [4.69, 9.17) is 10.2 Å². The molecular weight excluding hydrogens is 326 g/mol. The van der Waals surface area contributed by atoms with Crippen molar-refractivity contribution in [3.63, 3.8) is 0 Å². The van der Waals surface area contributed by atoms with Gasteiger partial charge in [0.25, 0.3) is 0 Å². The zero-order valence-electron chi connectivity index (χ0n) is 15.7. The highest BCUT2D eigenvalue weighted by atomic mass is 16.3. The lowest BCUT2D eigenvalue weighted by molar-refractivity contribution is -0.118. The third kappa shape index (κ3) is 3.99. The van der Waals surface area contributed by atoms with E-state index in [1.807, 2.05) is 34.9 Å². The highest BCUT2D eigenvalue weighted by Crippen LogP contribution is 2.25. The van der Waals surface area contributed by atoms with Crippen LogP contribution in [0.25, 0.3) is 10.9 Å². The number of hydrogen-bond donors (Lipinski definition) is 1. The van der Waals surface area contributed by atoms with Gasteiger partial charge in [0, 0.05) is 29.7 Å². The second-order valence-electron chi connectivity index (χ2n) is 7.23. The summed E-state index contributed by atoms with van der Waals surface area (Å²) in [5.74, 6) is 1.14. The Labute approximate surface area is 154 Å². The molecule has 138 valence electrons. The molecule has 5 nitrogen and oxygen atoms in total. The molecule has 26 heavy (non-hydrogen) atoms. The van der Waals surface area contributed by atoms with E-state index >= 15 is 0 Å². The number of carbonyl (C=O) groups excluding carboxylic acids is 1. The third-order valence-corrected chi connectivity index (χ3v) is 5.05. The van der Waals surface area contributed by atoms with Crippen LogP contribution in [0, 0.1) is 5.92 Å². The minimum atomic E-state index is -0.333. The average molecular weight is 353 g/mol. The molecule has 1 aromatic carbocycles. The predicted octanol–water partition coefficient (Wildman–Crippen LogP) is 3.77. The van der Waals surface area contributed by atoms with E-state index < -0.39 is 0 Å². The van der Waals surface area contributed by atoms with Crippen molar-refractivity contribution in [1.82, 2.24) is 9.47 Å². The first-order chi connectivity index (χ1) is 12.5. The van der Waals surface area contributed by atoms with Crippen molar-refractivity contribution in [2.24, 2.45) is 11.7 Å². The van der Waals surface area contributed by atoms with Crippen LogP contribution in [0.1, 0.15) is 32.1 Å². The van der Waals surface area contributed by atoms with E-state index in [1.54, 1.807) is 6.26 Å². The molecule has 2 aromatic heterocycles. The highest BCUT2D eigenvalue weighted by Gasteiger charge is 2.21. The number of amides is 1. The molecule has 3 rings (SSSR count). The second-order valence-corrected chi connectivity index (χ2v) is 7.23. The van der Waals surface area contributed by atoms with Gasteiger partial charge in [-0.15, -0.1) is 0 Å². The summed E-state index contributed by atoms with van der Waals surface area (Å²) in [5.41, 5.74) is 7.66. The summed E-state index contributed by atoms with van der Waals surface area (Å²) in [6.07, 6.45) is 3.77. The number of furan rings is 1. The van der Waals surface area contributed by atoms with E-state index in [9.17, 15) is 4.79 Å². The van der Waals surface area contributed by atoms with Crippen LogP contribution in [-0.2, 0) is 24.4 Å². The number of rotatable bonds is 8. The monoisotopic (exact) mass is 353 g/mol.